The van der Waals surface area contributed by atoms with E-state index < -0.39 is 43.1 Å². The lowest BCUT2D eigenvalue weighted by atomic mass is 9.91. The number of aliphatic hydroxyl groups excluding tert-OH is 4. The van der Waals surface area contributed by atoms with Gasteiger partial charge in [-0.05, 0) is 17.7 Å². The zero-order chi connectivity index (χ0) is 14.9. The minimum Gasteiger partial charge on any atom is -0.478 e. The van der Waals surface area contributed by atoms with Crippen molar-refractivity contribution in [2.75, 3.05) is 6.61 Å². The lowest BCUT2D eigenvalue weighted by Crippen LogP contribution is -2.55. The molecular weight excluding hydrogens is 268 g/mol. The van der Waals surface area contributed by atoms with E-state index in [1.54, 1.807) is 6.07 Å². The molecule has 1 aliphatic heterocycles. The summed E-state index contributed by atoms with van der Waals surface area (Å²) in [5.41, 5.74) is 0.362. The number of rotatable bonds is 3. The summed E-state index contributed by atoms with van der Waals surface area (Å²) < 4.78 is 5.35. The van der Waals surface area contributed by atoms with Crippen molar-refractivity contribution in [2.45, 2.75) is 30.5 Å². The molecule has 0 radical (unpaired) electrons. The van der Waals surface area contributed by atoms with Crippen LogP contribution in [0.2, 0.25) is 0 Å². The number of hydrogen-bond donors (Lipinski definition) is 5. The van der Waals surface area contributed by atoms with Crippen LogP contribution in [0.15, 0.2) is 24.3 Å². The molecular formula is C13H16O7. The van der Waals surface area contributed by atoms with Crippen molar-refractivity contribution in [1.29, 1.82) is 0 Å². The Morgan fingerprint density at radius 3 is 2.45 bits per heavy atom. The fraction of sp³-hybridized carbons (Fsp3) is 0.462. The Morgan fingerprint density at radius 1 is 1.15 bits per heavy atom. The summed E-state index contributed by atoms with van der Waals surface area (Å²) in [6.07, 6.45) is -6.39. The van der Waals surface area contributed by atoms with Crippen LogP contribution in [-0.4, -0.2) is 62.5 Å². The number of benzene rings is 1. The molecule has 0 aromatic heterocycles. The monoisotopic (exact) mass is 284 g/mol. The van der Waals surface area contributed by atoms with E-state index in [2.05, 4.69) is 0 Å². The van der Waals surface area contributed by atoms with Crippen molar-refractivity contribution in [3.63, 3.8) is 0 Å². The van der Waals surface area contributed by atoms with Crippen LogP contribution in [-0.2, 0) is 4.74 Å². The molecule has 0 spiro atoms. The summed E-state index contributed by atoms with van der Waals surface area (Å²) >= 11 is 0. The van der Waals surface area contributed by atoms with Crippen molar-refractivity contribution in [3.8, 4) is 0 Å². The molecule has 1 heterocycles. The Kier molecular flexibility index (Phi) is 4.36. The highest BCUT2D eigenvalue weighted by Crippen LogP contribution is 2.32. The van der Waals surface area contributed by atoms with Crippen LogP contribution < -0.4 is 0 Å². The molecule has 0 amide bonds. The van der Waals surface area contributed by atoms with Gasteiger partial charge in [0, 0.05) is 0 Å². The number of carbonyl (C=O) groups is 1. The number of aliphatic hydroxyl groups is 4. The minimum atomic E-state index is -1.49. The molecule has 1 aromatic carbocycles. The van der Waals surface area contributed by atoms with Gasteiger partial charge in [0.25, 0.3) is 0 Å². The van der Waals surface area contributed by atoms with Crippen molar-refractivity contribution < 1.29 is 35.1 Å². The van der Waals surface area contributed by atoms with Gasteiger partial charge in [-0.3, -0.25) is 0 Å². The summed E-state index contributed by atoms with van der Waals surface area (Å²) in [5, 5.41) is 47.4. The van der Waals surface area contributed by atoms with Gasteiger partial charge in [-0.1, -0.05) is 12.1 Å². The molecule has 1 saturated heterocycles. The number of ether oxygens (including phenoxy) is 1. The number of carboxylic acid groups (broad SMARTS) is 1. The smallest absolute Gasteiger partial charge is 0.335 e. The summed E-state index contributed by atoms with van der Waals surface area (Å²) in [4.78, 5) is 10.9. The first-order chi connectivity index (χ1) is 9.45. The van der Waals surface area contributed by atoms with Gasteiger partial charge in [0.15, 0.2) is 0 Å². The van der Waals surface area contributed by atoms with Gasteiger partial charge in [0.1, 0.15) is 30.5 Å². The second-order valence-electron chi connectivity index (χ2n) is 4.68. The molecule has 7 nitrogen and oxygen atoms in total. The Balaban J connectivity index is 2.31. The standard InChI is InChI=1S/C13H16O7/c14-5-8-9(15)10(16)11(17)12(20-8)6-2-1-3-7(4-6)13(18)19/h1-4,8-12,14-17H,5H2,(H,18,19)/t8-,9?,10+,11+,12-/m1/s1. The molecule has 5 atom stereocenters. The first-order valence-electron chi connectivity index (χ1n) is 6.09. The maximum absolute atomic E-state index is 10.9. The van der Waals surface area contributed by atoms with E-state index in [4.69, 9.17) is 14.9 Å². The van der Waals surface area contributed by atoms with Crippen LogP contribution in [0.1, 0.15) is 22.0 Å². The Bertz CT molecular complexity index is 487. The predicted molar refractivity (Wildman–Crippen MR) is 66.1 cm³/mol. The van der Waals surface area contributed by atoms with Crippen LogP contribution in [0.4, 0.5) is 0 Å². The molecule has 1 fully saturated rings. The van der Waals surface area contributed by atoms with Crippen molar-refractivity contribution in [1.82, 2.24) is 0 Å². The van der Waals surface area contributed by atoms with Gasteiger partial charge in [0.2, 0.25) is 0 Å². The SMILES string of the molecule is O=C(O)c1cccc([C@H]2O[C@H](CO)C(O)[C@H](O)[C@@H]2O)c1. The molecule has 1 aromatic rings. The molecule has 0 bridgehead atoms. The van der Waals surface area contributed by atoms with Crippen LogP contribution in [0.25, 0.3) is 0 Å². The zero-order valence-corrected chi connectivity index (χ0v) is 10.5. The normalized spacial score (nSPS) is 33.9. The largest absolute Gasteiger partial charge is 0.478 e. The second kappa shape index (κ2) is 5.86. The molecule has 7 heteroatoms. The highest BCUT2D eigenvalue weighted by atomic mass is 16.5. The first kappa shape index (κ1) is 14.9. The Hall–Kier alpha value is -1.51. The molecule has 2 rings (SSSR count). The average Bonchev–Trinajstić information content (AvgIpc) is 2.45. The van der Waals surface area contributed by atoms with Gasteiger partial charge in [-0.15, -0.1) is 0 Å². The highest BCUT2D eigenvalue weighted by Gasteiger charge is 2.43. The van der Waals surface area contributed by atoms with E-state index >= 15 is 0 Å². The summed E-state index contributed by atoms with van der Waals surface area (Å²) in [7, 11) is 0. The molecule has 1 unspecified atom stereocenters. The summed E-state index contributed by atoms with van der Waals surface area (Å²) in [6, 6.07) is 5.73. The third kappa shape index (κ3) is 2.67. The molecule has 20 heavy (non-hydrogen) atoms. The van der Waals surface area contributed by atoms with Gasteiger partial charge in [-0.2, -0.15) is 0 Å². The topological polar surface area (TPSA) is 127 Å². The second-order valence-corrected chi connectivity index (χ2v) is 4.68. The minimum absolute atomic E-state index is 0.0134. The third-order valence-corrected chi connectivity index (χ3v) is 3.35. The van der Waals surface area contributed by atoms with Crippen molar-refractivity contribution in [2.24, 2.45) is 0 Å². The van der Waals surface area contributed by atoms with Gasteiger partial charge in [0.05, 0.1) is 12.2 Å². The van der Waals surface area contributed by atoms with Crippen LogP contribution >= 0.6 is 0 Å². The maximum atomic E-state index is 10.9. The zero-order valence-electron chi connectivity index (χ0n) is 10.5. The lowest BCUT2D eigenvalue weighted by Gasteiger charge is -2.40. The van der Waals surface area contributed by atoms with Gasteiger partial charge in [-0.25, -0.2) is 4.79 Å². The van der Waals surface area contributed by atoms with Crippen molar-refractivity contribution >= 4 is 5.97 Å². The summed E-state index contributed by atoms with van der Waals surface area (Å²) in [6.45, 7) is -0.528. The molecule has 0 aliphatic carbocycles. The van der Waals surface area contributed by atoms with E-state index in [-0.39, 0.29) is 5.56 Å². The number of aromatic carboxylic acids is 1. The van der Waals surface area contributed by atoms with E-state index in [1.807, 2.05) is 0 Å². The summed E-state index contributed by atoms with van der Waals surface area (Å²) in [5.74, 6) is -1.13. The fourth-order valence-corrected chi connectivity index (χ4v) is 2.23. The highest BCUT2D eigenvalue weighted by molar-refractivity contribution is 5.87. The number of hydrogen-bond acceptors (Lipinski definition) is 6. The molecule has 0 saturated carbocycles. The quantitative estimate of drug-likeness (QED) is 0.476. The van der Waals surface area contributed by atoms with E-state index in [1.165, 1.54) is 18.2 Å². The van der Waals surface area contributed by atoms with Gasteiger partial charge >= 0.3 is 5.97 Å². The van der Waals surface area contributed by atoms with E-state index in [0.717, 1.165) is 0 Å². The Morgan fingerprint density at radius 2 is 1.85 bits per heavy atom. The maximum Gasteiger partial charge on any atom is 0.335 e. The van der Waals surface area contributed by atoms with E-state index in [0.29, 0.717) is 5.56 Å². The van der Waals surface area contributed by atoms with Gasteiger partial charge < -0.3 is 30.3 Å². The Labute approximate surface area is 114 Å². The fourth-order valence-electron chi connectivity index (χ4n) is 2.23. The van der Waals surface area contributed by atoms with Crippen LogP contribution in [0, 0.1) is 0 Å². The molecule has 5 N–H and O–H groups in total. The molecule has 1 aliphatic rings. The van der Waals surface area contributed by atoms with Crippen molar-refractivity contribution in [3.05, 3.63) is 35.4 Å². The van der Waals surface area contributed by atoms with Crippen LogP contribution in [0.5, 0.6) is 0 Å². The number of carboxylic acids is 1. The molecule has 110 valence electrons. The third-order valence-electron chi connectivity index (χ3n) is 3.35. The average molecular weight is 284 g/mol. The van der Waals surface area contributed by atoms with E-state index in [9.17, 15) is 20.1 Å². The van der Waals surface area contributed by atoms with Crippen LogP contribution in [0.3, 0.4) is 0 Å². The lowest BCUT2D eigenvalue weighted by molar-refractivity contribution is -0.231. The first-order valence-corrected chi connectivity index (χ1v) is 6.09. The predicted octanol–water partition coefficient (Wildman–Crippen LogP) is -1.10.